The van der Waals surface area contributed by atoms with Crippen molar-refractivity contribution in [3.05, 3.63) is 12.7 Å². The zero-order chi connectivity index (χ0) is 14.7. The van der Waals surface area contributed by atoms with E-state index in [2.05, 4.69) is 26.0 Å². The highest BCUT2D eigenvalue weighted by atomic mass is 16.4. The molecule has 19 heavy (non-hydrogen) atoms. The molecule has 110 valence electrons. The van der Waals surface area contributed by atoms with Crippen LogP contribution >= 0.6 is 0 Å². The van der Waals surface area contributed by atoms with Gasteiger partial charge >= 0.3 is 5.97 Å². The number of carbonyl (C=O) groups is 2. The average Bonchev–Trinajstić information content (AvgIpc) is 2.32. The number of nitrogens with one attached hydrogen (secondary N) is 1. The van der Waals surface area contributed by atoms with Crippen LogP contribution in [0.3, 0.4) is 0 Å². The molecule has 5 nitrogen and oxygen atoms in total. The van der Waals surface area contributed by atoms with Crippen molar-refractivity contribution in [1.29, 1.82) is 0 Å². The molecule has 0 aromatic carbocycles. The first-order chi connectivity index (χ1) is 8.87. The minimum atomic E-state index is -0.724. The summed E-state index contributed by atoms with van der Waals surface area (Å²) in [7, 11) is 4.25. The third-order valence-electron chi connectivity index (χ3n) is 3.08. The summed E-state index contributed by atoms with van der Waals surface area (Å²) in [5.41, 5.74) is 0. The predicted molar refractivity (Wildman–Crippen MR) is 75.8 cm³/mol. The third-order valence-corrected chi connectivity index (χ3v) is 3.08. The van der Waals surface area contributed by atoms with Crippen LogP contribution in [0.25, 0.3) is 0 Å². The van der Waals surface area contributed by atoms with Gasteiger partial charge in [-0.1, -0.05) is 6.58 Å². The molecular formula is C14H27N2O3+. The molecular weight excluding hydrogens is 244 g/mol. The van der Waals surface area contributed by atoms with Crippen LogP contribution in [0.2, 0.25) is 0 Å². The Labute approximate surface area is 115 Å². The highest BCUT2D eigenvalue weighted by Gasteiger charge is 2.14. The van der Waals surface area contributed by atoms with Crippen molar-refractivity contribution in [2.75, 3.05) is 33.7 Å². The van der Waals surface area contributed by atoms with Gasteiger partial charge in [0.05, 0.1) is 33.6 Å². The third kappa shape index (κ3) is 11.5. The van der Waals surface area contributed by atoms with E-state index in [1.165, 1.54) is 6.08 Å². The van der Waals surface area contributed by atoms with Gasteiger partial charge in [-0.2, -0.15) is 0 Å². The van der Waals surface area contributed by atoms with Crippen molar-refractivity contribution >= 4 is 11.9 Å². The summed E-state index contributed by atoms with van der Waals surface area (Å²) in [6.45, 7) is 6.01. The number of quaternary nitrogens is 1. The standard InChI is InChI=1S/C14H26N2O3/c1-4-13(17)15-10-6-5-7-11-16(2,3)12-8-9-14(18)19/h4H,1,5-12H2,2-3H3,(H-,15,17,18,19)/p+1. The Kier molecular flexibility index (Phi) is 8.87. The van der Waals surface area contributed by atoms with Gasteiger partial charge in [-0.05, 0) is 25.3 Å². The molecule has 5 heteroatoms. The van der Waals surface area contributed by atoms with Crippen molar-refractivity contribution in [3.63, 3.8) is 0 Å². The summed E-state index contributed by atoms with van der Waals surface area (Å²) in [6, 6.07) is 0. The lowest BCUT2D eigenvalue weighted by molar-refractivity contribution is -0.890. The number of carboxylic acid groups (broad SMARTS) is 1. The van der Waals surface area contributed by atoms with Crippen molar-refractivity contribution in [2.45, 2.75) is 32.1 Å². The summed E-state index contributed by atoms with van der Waals surface area (Å²) in [5.74, 6) is -0.845. The van der Waals surface area contributed by atoms with Crippen LogP contribution in [0, 0.1) is 0 Å². The molecule has 0 heterocycles. The van der Waals surface area contributed by atoms with E-state index in [1.54, 1.807) is 0 Å². The lowest BCUT2D eigenvalue weighted by Gasteiger charge is -2.29. The van der Waals surface area contributed by atoms with Gasteiger partial charge in [0.1, 0.15) is 0 Å². The molecule has 0 rings (SSSR count). The van der Waals surface area contributed by atoms with E-state index in [0.29, 0.717) is 6.54 Å². The number of hydrogen-bond donors (Lipinski definition) is 2. The van der Waals surface area contributed by atoms with E-state index < -0.39 is 5.97 Å². The Morgan fingerprint density at radius 1 is 1.16 bits per heavy atom. The van der Waals surface area contributed by atoms with Gasteiger partial charge in [0.2, 0.25) is 5.91 Å². The highest BCUT2D eigenvalue weighted by molar-refractivity contribution is 5.86. The van der Waals surface area contributed by atoms with Crippen LogP contribution in [-0.4, -0.2) is 55.2 Å². The smallest absolute Gasteiger partial charge is 0.303 e. The summed E-state index contributed by atoms with van der Waals surface area (Å²) >= 11 is 0. The van der Waals surface area contributed by atoms with E-state index in [0.717, 1.165) is 43.3 Å². The summed E-state index contributed by atoms with van der Waals surface area (Å²) in [4.78, 5) is 21.3. The summed E-state index contributed by atoms with van der Waals surface area (Å²) in [6.07, 6.45) is 5.37. The van der Waals surface area contributed by atoms with E-state index in [1.807, 2.05) is 0 Å². The van der Waals surface area contributed by atoms with Crippen molar-refractivity contribution in [3.8, 4) is 0 Å². The maximum Gasteiger partial charge on any atom is 0.303 e. The number of carbonyl (C=O) groups excluding carboxylic acids is 1. The van der Waals surface area contributed by atoms with E-state index in [-0.39, 0.29) is 12.3 Å². The SMILES string of the molecule is C=CC(=O)NCCCCC[N+](C)(C)CCCC(=O)O. The Hall–Kier alpha value is -1.36. The number of aliphatic carboxylic acids is 1. The van der Waals surface area contributed by atoms with Gasteiger partial charge in [-0.25, -0.2) is 0 Å². The summed E-state index contributed by atoms with van der Waals surface area (Å²) < 4.78 is 0.853. The van der Waals surface area contributed by atoms with Gasteiger partial charge in [0.25, 0.3) is 0 Å². The first kappa shape index (κ1) is 17.6. The van der Waals surface area contributed by atoms with Gasteiger partial charge < -0.3 is 14.9 Å². The molecule has 0 aliphatic carbocycles. The minimum Gasteiger partial charge on any atom is -0.481 e. The Morgan fingerprint density at radius 3 is 2.37 bits per heavy atom. The van der Waals surface area contributed by atoms with Gasteiger partial charge in [0, 0.05) is 13.0 Å². The topological polar surface area (TPSA) is 66.4 Å². The minimum absolute atomic E-state index is 0.121. The number of hydrogen-bond acceptors (Lipinski definition) is 2. The Bertz CT molecular complexity index is 301. The number of nitrogens with zero attached hydrogens (tertiary/aromatic N) is 1. The van der Waals surface area contributed by atoms with E-state index in [4.69, 9.17) is 5.11 Å². The molecule has 0 atom stereocenters. The molecule has 0 unspecified atom stereocenters. The molecule has 1 amide bonds. The number of carboxylic acids is 1. The molecule has 0 fully saturated rings. The van der Waals surface area contributed by atoms with Crippen LogP contribution in [0.1, 0.15) is 32.1 Å². The zero-order valence-corrected chi connectivity index (χ0v) is 12.2. The quantitative estimate of drug-likeness (QED) is 0.339. The molecule has 0 aromatic heterocycles. The molecule has 0 radical (unpaired) electrons. The Balaban J connectivity index is 3.54. The normalized spacial score (nSPS) is 11.1. The first-order valence-electron chi connectivity index (χ1n) is 6.81. The van der Waals surface area contributed by atoms with Crippen LogP contribution in [0.4, 0.5) is 0 Å². The lowest BCUT2D eigenvalue weighted by Crippen LogP contribution is -2.41. The maximum absolute atomic E-state index is 10.9. The molecule has 0 bridgehead atoms. The van der Waals surface area contributed by atoms with Crippen molar-refractivity contribution in [1.82, 2.24) is 5.32 Å². The monoisotopic (exact) mass is 271 g/mol. The maximum atomic E-state index is 10.9. The number of rotatable bonds is 11. The van der Waals surface area contributed by atoms with Crippen molar-refractivity contribution in [2.24, 2.45) is 0 Å². The van der Waals surface area contributed by atoms with Gasteiger partial charge in [-0.15, -0.1) is 0 Å². The first-order valence-corrected chi connectivity index (χ1v) is 6.81. The Morgan fingerprint density at radius 2 is 1.79 bits per heavy atom. The van der Waals surface area contributed by atoms with Gasteiger partial charge in [0.15, 0.2) is 0 Å². The molecule has 0 spiro atoms. The molecule has 2 N–H and O–H groups in total. The second kappa shape index (κ2) is 9.55. The average molecular weight is 271 g/mol. The summed E-state index contributed by atoms with van der Waals surface area (Å²) in [5, 5.41) is 11.3. The number of unbranched alkanes of at least 4 members (excludes halogenated alkanes) is 2. The van der Waals surface area contributed by atoms with E-state index in [9.17, 15) is 9.59 Å². The van der Waals surface area contributed by atoms with Crippen LogP contribution in [0.5, 0.6) is 0 Å². The van der Waals surface area contributed by atoms with E-state index >= 15 is 0 Å². The molecule has 0 aliphatic rings. The molecule has 0 aromatic rings. The van der Waals surface area contributed by atoms with Crippen LogP contribution in [0.15, 0.2) is 12.7 Å². The zero-order valence-electron chi connectivity index (χ0n) is 12.2. The van der Waals surface area contributed by atoms with Gasteiger partial charge in [-0.3, -0.25) is 9.59 Å². The van der Waals surface area contributed by atoms with Crippen LogP contribution < -0.4 is 5.32 Å². The fraction of sp³-hybridized carbons (Fsp3) is 0.714. The molecule has 0 saturated heterocycles. The largest absolute Gasteiger partial charge is 0.481 e. The fourth-order valence-electron chi connectivity index (χ4n) is 1.90. The predicted octanol–water partition coefficient (Wildman–Crippen LogP) is 1.40. The number of amides is 1. The van der Waals surface area contributed by atoms with Crippen molar-refractivity contribution < 1.29 is 19.2 Å². The lowest BCUT2D eigenvalue weighted by atomic mass is 10.2. The highest BCUT2D eigenvalue weighted by Crippen LogP contribution is 2.06. The molecule has 0 saturated carbocycles. The molecule has 0 aliphatic heterocycles. The second-order valence-electron chi connectivity index (χ2n) is 5.44. The van der Waals surface area contributed by atoms with Crippen LogP contribution in [-0.2, 0) is 9.59 Å². The second-order valence-corrected chi connectivity index (χ2v) is 5.44. The fourth-order valence-corrected chi connectivity index (χ4v) is 1.90.